The quantitative estimate of drug-likeness (QED) is 0.203. The van der Waals surface area contributed by atoms with Crippen LogP contribution in [0.5, 0.6) is 0 Å². The van der Waals surface area contributed by atoms with Crippen LogP contribution < -0.4 is 15.3 Å². The van der Waals surface area contributed by atoms with Gasteiger partial charge in [-0.15, -0.1) is 11.3 Å². The van der Waals surface area contributed by atoms with Gasteiger partial charge in [-0.1, -0.05) is 10.6 Å². The van der Waals surface area contributed by atoms with Crippen LogP contribution in [0.25, 0.3) is 0 Å². The van der Waals surface area contributed by atoms with Crippen molar-refractivity contribution in [2.24, 2.45) is 0 Å². The summed E-state index contributed by atoms with van der Waals surface area (Å²) < 4.78 is 29.6. The zero-order chi connectivity index (χ0) is 15.1. The van der Waals surface area contributed by atoms with Crippen molar-refractivity contribution < 1.29 is 48.5 Å². The Kier molecular flexibility index (Phi) is 7.50. The number of aliphatic hydroxyl groups is 1. The van der Waals surface area contributed by atoms with Crippen LogP contribution in [-0.2, 0) is 28.2 Å². The molecule has 10 nitrogen and oxygen atoms in total. The highest BCUT2D eigenvalue weighted by Crippen LogP contribution is 2.66. The minimum atomic E-state index is -4.81. The third kappa shape index (κ3) is 6.33. The second-order valence-electron chi connectivity index (χ2n) is 3.29. The molecule has 0 aliphatic rings. The highest BCUT2D eigenvalue weighted by atomic mass is 32.1. The van der Waals surface area contributed by atoms with E-state index in [0.717, 1.165) is 6.08 Å². The molecule has 0 aliphatic carbocycles. The zero-order valence-corrected chi connectivity index (χ0v) is 11.2. The van der Waals surface area contributed by atoms with Crippen LogP contribution in [0.1, 0.15) is 12.8 Å². The van der Waals surface area contributed by atoms with Crippen molar-refractivity contribution in [1.82, 2.24) is 0 Å². The van der Waals surface area contributed by atoms with Crippen LogP contribution in [0.2, 0.25) is 0 Å². The van der Waals surface area contributed by atoms with E-state index in [1.807, 2.05) is 0 Å². The standard InChI is InChI=1S/C7H12O10P2/c1-2-7(10,5-6(8)9)3-4-15-19(14,17-16-11)18(12)13/h2,10-11H,1,3-5H2,(H,8,9)/p-2. The highest BCUT2D eigenvalue weighted by molar-refractivity contribution is 8.20. The van der Waals surface area contributed by atoms with Crippen molar-refractivity contribution >= 4 is 21.0 Å². The number of carboxylic acids is 1. The lowest BCUT2D eigenvalue weighted by Gasteiger charge is -2.24. The molecule has 0 saturated carbocycles. The van der Waals surface area contributed by atoms with E-state index in [-0.39, 0.29) is 0 Å². The Labute approximate surface area is 108 Å². The Hall–Kier alpha value is -0.700. The molecule has 0 bridgehead atoms. The SMILES string of the molecule is C=CC(O)(CCOP(=O)(OO[O-])[P+](=O)[O-])CC(=O)[O-]. The van der Waals surface area contributed by atoms with E-state index >= 15 is 0 Å². The van der Waals surface area contributed by atoms with Crippen LogP contribution >= 0.6 is 15.0 Å². The van der Waals surface area contributed by atoms with Crippen LogP contribution in [0.4, 0.5) is 0 Å². The van der Waals surface area contributed by atoms with E-state index in [9.17, 15) is 34.3 Å². The lowest BCUT2D eigenvalue weighted by Crippen LogP contribution is -2.36. The van der Waals surface area contributed by atoms with Gasteiger partial charge in [0.1, 0.15) is 0 Å². The van der Waals surface area contributed by atoms with Gasteiger partial charge in [0, 0.05) is 18.8 Å². The van der Waals surface area contributed by atoms with E-state index in [4.69, 9.17) is 0 Å². The van der Waals surface area contributed by atoms with Crippen molar-refractivity contribution in [2.45, 2.75) is 18.4 Å². The van der Waals surface area contributed by atoms with Crippen molar-refractivity contribution in [1.29, 1.82) is 0 Å². The van der Waals surface area contributed by atoms with Gasteiger partial charge in [0.25, 0.3) is 0 Å². The second-order valence-corrected chi connectivity index (χ2v) is 7.56. The normalized spacial score (nSPS) is 18.2. The molecular formula is C7H10O10P2-2. The van der Waals surface area contributed by atoms with E-state index in [2.05, 4.69) is 20.8 Å². The lowest BCUT2D eigenvalue weighted by molar-refractivity contribution is -0.780. The molecule has 0 rings (SSSR count). The van der Waals surface area contributed by atoms with Gasteiger partial charge in [0.05, 0.1) is 12.2 Å². The molecule has 1 N–H and O–H groups in total. The summed E-state index contributed by atoms with van der Waals surface area (Å²) in [7, 11) is -8.58. The molecule has 12 heteroatoms. The smallest absolute Gasteiger partial charge is 0.593 e. The van der Waals surface area contributed by atoms with Gasteiger partial charge >= 0.3 is 15.0 Å². The molecule has 0 aromatic rings. The van der Waals surface area contributed by atoms with Gasteiger partial charge in [-0.25, -0.2) is 4.57 Å². The molecule has 0 heterocycles. The first kappa shape index (κ1) is 18.3. The van der Waals surface area contributed by atoms with Crippen LogP contribution in [0, 0.1) is 0 Å². The Morgan fingerprint density at radius 3 is 2.53 bits per heavy atom. The van der Waals surface area contributed by atoms with E-state index in [0.29, 0.717) is 0 Å². The summed E-state index contributed by atoms with van der Waals surface area (Å²) in [6, 6.07) is 0. The fourth-order valence-electron chi connectivity index (χ4n) is 0.985. The fourth-order valence-corrected chi connectivity index (χ4v) is 2.35. The molecular weight excluding hydrogens is 306 g/mol. The molecule has 0 aromatic heterocycles. The van der Waals surface area contributed by atoms with Gasteiger partial charge in [-0.05, 0) is 0 Å². The Morgan fingerprint density at radius 1 is 1.58 bits per heavy atom. The molecule has 0 amide bonds. The Bertz CT molecular complexity index is 395. The maximum absolute atomic E-state index is 11.3. The summed E-state index contributed by atoms with van der Waals surface area (Å²) in [5.41, 5.74) is -1.95. The van der Waals surface area contributed by atoms with Crippen LogP contribution in [0.3, 0.4) is 0 Å². The number of carbonyl (C=O) groups is 1. The summed E-state index contributed by atoms with van der Waals surface area (Å²) in [6.07, 6.45) is -0.425. The van der Waals surface area contributed by atoms with E-state index < -0.39 is 46.0 Å². The monoisotopic (exact) mass is 316 g/mol. The van der Waals surface area contributed by atoms with Gasteiger partial charge in [-0.3, -0.25) is 9.56 Å². The summed E-state index contributed by atoms with van der Waals surface area (Å²) in [5.74, 6) is -1.58. The molecule has 19 heavy (non-hydrogen) atoms. The summed E-state index contributed by atoms with van der Waals surface area (Å²) in [6.45, 7) is 2.49. The largest absolute Gasteiger partial charge is 0.691 e. The van der Waals surface area contributed by atoms with Gasteiger partial charge in [-0.2, -0.15) is 0 Å². The Balaban J connectivity index is 4.55. The second kappa shape index (κ2) is 7.78. The predicted octanol–water partition coefficient (Wildman–Crippen LogP) is -2.12. The molecule has 3 unspecified atom stereocenters. The number of hydrogen-bond donors (Lipinski definition) is 1. The van der Waals surface area contributed by atoms with E-state index in [1.54, 1.807) is 0 Å². The number of aliphatic carboxylic acids is 1. The minimum absolute atomic E-state index is 0.472. The lowest BCUT2D eigenvalue weighted by atomic mass is 9.96. The van der Waals surface area contributed by atoms with Gasteiger partial charge in [0.2, 0.25) is 0 Å². The molecule has 0 saturated heterocycles. The maximum Gasteiger partial charge on any atom is 0.593 e. The number of carboxylic acid groups (broad SMARTS) is 1. The Morgan fingerprint density at radius 2 is 2.16 bits per heavy atom. The third-order valence-electron chi connectivity index (χ3n) is 1.94. The summed E-state index contributed by atoms with van der Waals surface area (Å²) >= 11 is 0. The topological polar surface area (TPSA) is 168 Å². The molecule has 110 valence electrons. The van der Waals surface area contributed by atoms with Gasteiger partial charge < -0.3 is 25.2 Å². The average Bonchev–Trinajstić information content (AvgIpc) is 2.28. The third-order valence-corrected chi connectivity index (χ3v) is 4.85. The summed E-state index contributed by atoms with van der Waals surface area (Å²) in [5, 5.41) is 32.4. The number of hydrogen-bond acceptors (Lipinski definition) is 10. The minimum Gasteiger partial charge on any atom is -0.691 e. The molecule has 0 radical (unpaired) electrons. The maximum atomic E-state index is 11.3. The first-order chi connectivity index (χ1) is 8.69. The number of rotatable bonds is 10. The van der Waals surface area contributed by atoms with Crippen LogP contribution in [-0.4, -0.2) is 23.3 Å². The molecule has 0 spiro atoms. The van der Waals surface area contributed by atoms with Crippen LogP contribution in [0.15, 0.2) is 12.7 Å². The van der Waals surface area contributed by atoms with Crippen molar-refractivity contribution in [3.63, 3.8) is 0 Å². The average molecular weight is 316 g/mol. The van der Waals surface area contributed by atoms with Crippen molar-refractivity contribution in [2.75, 3.05) is 6.61 Å². The van der Waals surface area contributed by atoms with E-state index in [1.165, 1.54) is 0 Å². The van der Waals surface area contributed by atoms with Crippen molar-refractivity contribution in [3.8, 4) is 0 Å². The zero-order valence-electron chi connectivity index (χ0n) is 9.42. The molecule has 0 aliphatic heterocycles. The first-order valence-corrected chi connectivity index (χ1v) is 8.05. The fraction of sp³-hybridized carbons (Fsp3) is 0.571. The summed E-state index contributed by atoms with van der Waals surface area (Å²) in [4.78, 5) is 20.9. The molecule has 0 fully saturated rings. The highest BCUT2D eigenvalue weighted by Gasteiger charge is 2.43. The molecule has 3 atom stereocenters. The first-order valence-electron chi connectivity index (χ1n) is 4.62. The van der Waals surface area contributed by atoms with Crippen molar-refractivity contribution in [3.05, 3.63) is 12.7 Å². The number of carbonyl (C=O) groups excluding carboxylic acids is 1. The predicted molar refractivity (Wildman–Crippen MR) is 52.7 cm³/mol. The van der Waals surface area contributed by atoms with Gasteiger partial charge in [0.15, 0.2) is 0 Å². The molecule has 0 aromatic carbocycles.